The second kappa shape index (κ2) is 7.57. The minimum atomic E-state index is -3.45. The zero-order chi connectivity index (χ0) is 16.0. The molecule has 22 heavy (non-hydrogen) atoms. The Morgan fingerprint density at radius 3 is 2.50 bits per heavy atom. The van der Waals surface area contributed by atoms with Crippen molar-refractivity contribution in [2.45, 2.75) is 4.90 Å². The van der Waals surface area contributed by atoms with Crippen LogP contribution in [0.15, 0.2) is 52.0 Å². The van der Waals surface area contributed by atoms with Crippen LogP contribution in [-0.4, -0.2) is 33.6 Å². The molecule has 0 atom stereocenters. The summed E-state index contributed by atoms with van der Waals surface area (Å²) >= 11 is 3.36. The smallest absolute Gasteiger partial charge is 0.241 e. The van der Waals surface area contributed by atoms with Crippen molar-refractivity contribution in [3.05, 3.63) is 47.1 Å². The average Bonchev–Trinajstić information content (AvgIpc) is 2.54. The number of ether oxygens (including phenoxy) is 1. The van der Waals surface area contributed by atoms with Crippen molar-refractivity contribution >= 4 is 31.8 Å². The molecule has 0 saturated carbocycles. The van der Waals surface area contributed by atoms with Crippen LogP contribution in [0.3, 0.4) is 0 Å². The van der Waals surface area contributed by atoms with Crippen LogP contribution in [0.25, 0.3) is 0 Å². The van der Waals surface area contributed by atoms with Gasteiger partial charge in [0.25, 0.3) is 0 Å². The number of nitrogens with one attached hydrogen (secondary N) is 2. The lowest BCUT2D eigenvalue weighted by Crippen LogP contribution is -2.19. The highest BCUT2D eigenvalue weighted by Crippen LogP contribution is 2.16. The highest BCUT2D eigenvalue weighted by molar-refractivity contribution is 9.10. The quantitative estimate of drug-likeness (QED) is 0.714. The van der Waals surface area contributed by atoms with E-state index in [-0.39, 0.29) is 4.90 Å². The molecule has 0 radical (unpaired) electrons. The van der Waals surface area contributed by atoms with E-state index in [0.29, 0.717) is 19.0 Å². The Balaban J connectivity index is 1.81. The lowest BCUT2D eigenvalue weighted by atomic mass is 10.3. The fourth-order valence-corrected chi connectivity index (χ4v) is 2.58. The van der Waals surface area contributed by atoms with Gasteiger partial charge in [0, 0.05) is 10.7 Å². The van der Waals surface area contributed by atoms with Crippen LogP contribution in [0.1, 0.15) is 0 Å². The van der Waals surface area contributed by atoms with Gasteiger partial charge in [-0.2, -0.15) is 0 Å². The van der Waals surface area contributed by atoms with Crippen molar-refractivity contribution in [2.75, 3.05) is 25.5 Å². The molecule has 2 rings (SSSR count). The van der Waals surface area contributed by atoms with Crippen LogP contribution in [-0.2, 0) is 10.0 Å². The third kappa shape index (κ3) is 4.69. The number of anilines is 1. The van der Waals surface area contributed by atoms with Gasteiger partial charge < -0.3 is 10.1 Å². The van der Waals surface area contributed by atoms with Crippen LogP contribution in [0.5, 0.6) is 5.75 Å². The molecule has 6 nitrogen and oxygen atoms in total. The second-order valence-electron chi connectivity index (χ2n) is 4.32. The van der Waals surface area contributed by atoms with Crippen LogP contribution in [0.2, 0.25) is 0 Å². The highest BCUT2D eigenvalue weighted by atomic mass is 79.9. The van der Waals surface area contributed by atoms with Crippen molar-refractivity contribution in [1.29, 1.82) is 0 Å². The minimum Gasteiger partial charge on any atom is -0.492 e. The van der Waals surface area contributed by atoms with Crippen molar-refractivity contribution in [2.24, 2.45) is 0 Å². The first-order chi connectivity index (χ1) is 10.5. The molecular formula is C14H16BrN3O3S. The number of hydrogen-bond donors (Lipinski definition) is 2. The Kier molecular flexibility index (Phi) is 5.76. The van der Waals surface area contributed by atoms with E-state index in [1.807, 2.05) is 24.3 Å². The Bertz CT molecular complexity index is 703. The zero-order valence-corrected chi connectivity index (χ0v) is 14.3. The van der Waals surface area contributed by atoms with Gasteiger partial charge in [-0.3, -0.25) is 0 Å². The van der Waals surface area contributed by atoms with Gasteiger partial charge in [-0.05, 0) is 43.4 Å². The van der Waals surface area contributed by atoms with E-state index in [0.717, 1.165) is 10.2 Å². The molecule has 0 aliphatic heterocycles. The molecule has 0 unspecified atom stereocenters. The van der Waals surface area contributed by atoms with Crippen molar-refractivity contribution in [3.63, 3.8) is 0 Å². The fourth-order valence-electron chi connectivity index (χ4n) is 1.64. The van der Waals surface area contributed by atoms with Gasteiger partial charge in [0.1, 0.15) is 23.1 Å². The molecule has 0 spiro atoms. The van der Waals surface area contributed by atoms with E-state index in [1.54, 1.807) is 6.07 Å². The van der Waals surface area contributed by atoms with Gasteiger partial charge in [0.05, 0.1) is 6.54 Å². The minimum absolute atomic E-state index is 0.131. The van der Waals surface area contributed by atoms with Gasteiger partial charge in [0.2, 0.25) is 10.0 Å². The van der Waals surface area contributed by atoms with Gasteiger partial charge in [0.15, 0.2) is 0 Å². The molecule has 1 aromatic carbocycles. The van der Waals surface area contributed by atoms with E-state index in [1.165, 1.54) is 19.3 Å². The number of hydrogen-bond acceptors (Lipinski definition) is 5. The van der Waals surface area contributed by atoms with Crippen molar-refractivity contribution in [1.82, 2.24) is 9.71 Å². The number of sulfonamides is 1. The molecule has 1 aromatic heterocycles. The Hall–Kier alpha value is -1.64. The standard InChI is InChI=1S/C14H16BrN3O3S/c1-16-22(19,20)13-6-7-14(18-10-13)17-8-9-21-12-4-2-11(15)3-5-12/h2-7,10,16H,8-9H2,1H3,(H,17,18). The lowest BCUT2D eigenvalue weighted by Gasteiger charge is -2.08. The summed E-state index contributed by atoms with van der Waals surface area (Å²) in [5.41, 5.74) is 0. The van der Waals surface area contributed by atoms with Crippen LogP contribution in [0, 0.1) is 0 Å². The van der Waals surface area contributed by atoms with Gasteiger partial charge >= 0.3 is 0 Å². The summed E-state index contributed by atoms with van der Waals surface area (Å²) in [5.74, 6) is 1.38. The molecule has 2 aromatic rings. The number of nitrogens with zero attached hydrogens (tertiary/aromatic N) is 1. The number of benzene rings is 1. The molecule has 0 amide bonds. The molecule has 0 fully saturated rings. The van der Waals surface area contributed by atoms with E-state index in [9.17, 15) is 8.42 Å². The summed E-state index contributed by atoms with van der Waals surface area (Å²) < 4.78 is 31.9. The maximum atomic E-state index is 11.6. The molecule has 0 bridgehead atoms. The molecule has 8 heteroatoms. The monoisotopic (exact) mass is 385 g/mol. The maximum absolute atomic E-state index is 11.6. The number of aromatic nitrogens is 1. The Labute approximate surface area is 138 Å². The summed E-state index contributed by atoms with van der Waals surface area (Å²) in [6, 6.07) is 10.7. The van der Waals surface area contributed by atoms with E-state index in [4.69, 9.17) is 4.74 Å². The second-order valence-corrected chi connectivity index (χ2v) is 7.12. The van der Waals surface area contributed by atoms with Crippen molar-refractivity contribution in [3.8, 4) is 5.75 Å². The summed E-state index contributed by atoms with van der Waals surface area (Å²) in [7, 11) is -2.09. The van der Waals surface area contributed by atoms with E-state index < -0.39 is 10.0 Å². The average molecular weight is 386 g/mol. The summed E-state index contributed by atoms with van der Waals surface area (Å²) in [6.45, 7) is 1.03. The fraction of sp³-hybridized carbons (Fsp3) is 0.214. The highest BCUT2D eigenvalue weighted by Gasteiger charge is 2.10. The molecular weight excluding hydrogens is 370 g/mol. The number of pyridine rings is 1. The maximum Gasteiger partial charge on any atom is 0.241 e. The first-order valence-electron chi connectivity index (χ1n) is 6.53. The number of halogens is 1. The van der Waals surface area contributed by atoms with Gasteiger partial charge in [-0.1, -0.05) is 15.9 Å². The summed E-state index contributed by atoms with van der Waals surface area (Å²) in [5, 5.41) is 3.06. The van der Waals surface area contributed by atoms with E-state index >= 15 is 0 Å². The molecule has 118 valence electrons. The first-order valence-corrected chi connectivity index (χ1v) is 8.81. The third-order valence-corrected chi connectivity index (χ3v) is 4.73. The normalized spacial score (nSPS) is 11.2. The van der Waals surface area contributed by atoms with E-state index in [2.05, 4.69) is 31.0 Å². The predicted octanol–water partition coefficient (Wildman–Crippen LogP) is 2.24. The van der Waals surface area contributed by atoms with Crippen LogP contribution in [0.4, 0.5) is 5.82 Å². The summed E-state index contributed by atoms with van der Waals surface area (Å²) in [6.07, 6.45) is 1.31. The molecule has 1 heterocycles. The SMILES string of the molecule is CNS(=O)(=O)c1ccc(NCCOc2ccc(Br)cc2)nc1. The Morgan fingerprint density at radius 1 is 1.18 bits per heavy atom. The summed E-state index contributed by atoms with van der Waals surface area (Å²) in [4.78, 5) is 4.19. The predicted molar refractivity (Wildman–Crippen MR) is 88.6 cm³/mol. The molecule has 0 aliphatic rings. The molecule has 0 saturated heterocycles. The largest absolute Gasteiger partial charge is 0.492 e. The van der Waals surface area contributed by atoms with Crippen LogP contribution < -0.4 is 14.8 Å². The van der Waals surface area contributed by atoms with Crippen LogP contribution >= 0.6 is 15.9 Å². The van der Waals surface area contributed by atoms with Crippen molar-refractivity contribution < 1.29 is 13.2 Å². The Morgan fingerprint density at radius 2 is 1.91 bits per heavy atom. The topological polar surface area (TPSA) is 80.3 Å². The van der Waals surface area contributed by atoms with Gasteiger partial charge in [-0.25, -0.2) is 18.1 Å². The third-order valence-electron chi connectivity index (χ3n) is 2.81. The zero-order valence-electron chi connectivity index (χ0n) is 11.9. The molecule has 2 N–H and O–H groups in total. The number of rotatable bonds is 7. The molecule has 0 aliphatic carbocycles. The lowest BCUT2D eigenvalue weighted by molar-refractivity contribution is 0.332. The first kappa shape index (κ1) is 16.7. The van der Waals surface area contributed by atoms with Gasteiger partial charge in [-0.15, -0.1) is 0 Å².